The van der Waals surface area contributed by atoms with Crippen molar-refractivity contribution in [2.45, 2.75) is 127 Å². The Labute approximate surface area is 326 Å². The Morgan fingerprint density at radius 3 is 2.52 bits per heavy atom. The van der Waals surface area contributed by atoms with Crippen molar-refractivity contribution in [3.63, 3.8) is 0 Å². The predicted octanol–water partition coefficient (Wildman–Crippen LogP) is 3.10. The number of hydrogen-bond acceptors (Lipinski definition) is 11. The Morgan fingerprint density at radius 2 is 1.89 bits per heavy atom. The van der Waals surface area contributed by atoms with Crippen LogP contribution in [0.2, 0.25) is 0 Å². The molecule has 0 aromatic carbocycles. The summed E-state index contributed by atoms with van der Waals surface area (Å²) in [5.41, 5.74) is -2.67. The van der Waals surface area contributed by atoms with Gasteiger partial charge in [-0.05, 0) is 78.1 Å². The monoisotopic (exact) mass is 799 g/mol. The number of pyridine rings is 1. The maximum absolute atomic E-state index is 15.1. The average molecular weight is 800 g/mol. The highest BCUT2D eigenvalue weighted by Gasteiger charge is 2.63. The molecule has 2 aliphatic carbocycles. The van der Waals surface area contributed by atoms with Gasteiger partial charge in [-0.2, -0.15) is 0 Å². The molecule has 2 saturated carbocycles. The van der Waals surface area contributed by atoms with Crippen molar-refractivity contribution in [3.8, 4) is 11.8 Å². The molecular formula is C38H53N7O10S. The van der Waals surface area contributed by atoms with Gasteiger partial charge in [-0.1, -0.05) is 32.4 Å². The van der Waals surface area contributed by atoms with E-state index in [-0.39, 0.29) is 37.1 Å². The van der Waals surface area contributed by atoms with E-state index in [1.54, 1.807) is 27.7 Å². The van der Waals surface area contributed by atoms with Crippen LogP contribution < -0.4 is 25.1 Å². The van der Waals surface area contributed by atoms with E-state index in [1.165, 1.54) is 24.3 Å². The lowest BCUT2D eigenvalue weighted by Crippen LogP contribution is -2.62. The summed E-state index contributed by atoms with van der Waals surface area (Å²) in [5, 5.41) is 13.5. The summed E-state index contributed by atoms with van der Waals surface area (Å²) in [6, 6.07) is -0.989. The van der Waals surface area contributed by atoms with Crippen molar-refractivity contribution >= 4 is 44.9 Å². The predicted molar refractivity (Wildman–Crippen MR) is 204 cm³/mol. The van der Waals surface area contributed by atoms with Gasteiger partial charge in [-0.25, -0.2) is 23.2 Å². The molecule has 0 spiro atoms. The third kappa shape index (κ3) is 7.93. The van der Waals surface area contributed by atoms with E-state index in [2.05, 4.69) is 25.0 Å². The minimum atomic E-state index is -4.05. The number of methoxy groups -OCH3 is 1. The summed E-state index contributed by atoms with van der Waals surface area (Å²) in [7, 11) is -2.62. The normalized spacial score (nSPS) is 29.8. The zero-order valence-electron chi connectivity index (χ0n) is 33.0. The standard InChI is InChI=1S/C38H53N7O10S/c1-8-22-15-21(2)11-9-10-12-23-18-38(23,34(49)43-56(52,53)37(6)13-14-37)42-30(46)27-16-24(20-44(27)33(48)29(22)45(35(50)51)36(3,4)5)55-32-31(47)40-25-17-28(54-7)39-19-26(25)41-32/h10,12,17,19,21-24,27,29H,8-9,11,13-16,18,20H2,1-7H3,(H,40,47)(H,42,46)(H,43,49)(H,50,51)/b12-10-/t21-,22-,23-,24-,27+,29+,38-/m1/s1. The number of nitrogens with one attached hydrogen (secondary N) is 3. The lowest BCUT2D eigenvalue weighted by Gasteiger charge is -2.44. The van der Waals surface area contributed by atoms with Crippen LogP contribution in [-0.4, -0.2) is 110 Å². The van der Waals surface area contributed by atoms with Crippen LogP contribution in [0.15, 0.2) is 29.2 Å². The molecule has 2 aliphatic heterocycles. The highest BCUT2D eigenvalue weighted by Crippen LogP contribution is 2.48. The number of amides is 4. The fourth-order valence-electron chi connectivity index (χ4n) is 8.06. The van der Waals surface area contributed by atoms with Crippen LogP contribution in [0.4, 0.5) is 4.79 Å². The lowest BCUT2D eigenvalue weighted by atomic mass is 9.82. The minimum Gasteiger partial charge on any atom is -0.481 e. The Hall–Kier alpha value is -4.74. The number of fused-ring (bicyclic) bond motifs is 3. The second-order valence-corrected chi connectivity index (χ2v) is 19.2. The first kappa shape index (κ1) is 40.9. The van der Waals surface area contributed by atoms with E-state index in [0.29, 0.717) is 49.6 Å². The topological polar surface area (TPSA) is 230 Å². The molecule has 1 saturated heterocycles. The number of carbonyl (C=O) groups excluding carboxylic acids is 3. The fourth-order valence-corrected chi connectivity index (χ4v) is 9.37. The summed E-state index contributed by atoms with van der Waals surface area (Å²) >= 11 is 0. The first-order chi connectivity index (χ1) is 26.2. The van der Waals surface area contributed by atoms with Crippen molar-refractivity contribution < 1.29 is 42.2 Å². The highest BCUT2D eigenvalue weighted by atomic mass is 32.2. The first-order valence-electron chi connectivity index (χ1n) is 19.2. The second kappa shape index (κ2) is 15.0. The highest BCUT2D eigenvalue weighted by molar-refractivity contribution is 7.91. The van der Waals surface area contributed by atoms with Crippen molar-refractivity contribution in [1.82, 2.24) is 34.8 Å². The Kier molecular flexibility index (Phi) is 10.9. The Morgan fingerprint density at radius 1 is 1.18 bits per heavy atom. The summed E-state index contributed by atoms with van der Waals surface area (Å²) < 4.78 is 38.8. The smallest absolute Gasteiger partial charge is 0.408 e. The number of ether oxygens (including phenoxy) is 2. The summed E-state index contributed by atoms with van der Waals surface area (Å²) in [6.07, 6.45) is 5.99. The number of aromatic amines is 1. The Balaban J connectivity index is 1.40. The number of allylic oxidation sites excluding steroid dienone is 1. The fraction of sp³-hybridized carbons (Fsp3) is 0.658. The van der Waals surface area contributed by atoms with E-state index in [1.807, 2.05) is 26.0 Å². The third-order valence-electron chi connectivity index (χ3n) is 11.8. The van der Waals surface area contributed by atoms with Gasteiger partial charge in [0, 0.05) is 23.9 Å². The molecule has 4 amide bonds. The quantitative estimate of drug-likeness (QED) is 0.283. The largest absolute Gasteiger partial charge is 0.481 e. The van der Waals surface area contributed by atoms with Crippen LogP contribution >= 0.6 is 0 Å². The summed E-state index contributed by atoms with van der Waals surface area (Å²) in [4.78, 5) is 83.4. The average Bonchev–Trinajstić information content (AvgIpc) is 4.00. The minimum absolute atomic E-state index is 0.0719. The molecule has 56 heavy (non-hydrogen) atoms. The van der Waals surface area contributed by atoms with Crippen LogP contribution in [0, 0.1) is 17.8 Å². The SMILES string of the molecule is CC[C@@H]1C[C@H](C)CC/C=C\[C@@H]2C[C@@]2(C(=O)NS(=O)(=O)C2(C)CC2)NC(=O)[C@@H]2C[C@@H](Oc3nc4cnc(OC)cc4[nH]c3=O)CN2C(=O)[C@H]1N(C(=O)O)C(C)(C)C. The molecular weight excluding hydrogens is 747 g/mol. The molecule has 4 heterocycles. The number of sulfonamides is 1. The van der Waals surface area contributed by atoms with Gasteiger partial charge in [0.25, 0.3) is 11.8 Å². The van der Waals surface area contributed by atoms with Crippen LogP contribution in [0.5, 0.6) is 11.8 Å². The van der Waals surface area contributed by atoms with E-state index in [4.69, 9.17) is 9.47 Å². The maximum atomic E-state index is 15.1. The number of nitrogens with zero attached hydrogens (tertiary/aromatic N) is 4. The number of aromatic nitrogens is 3. The Bertz CT molecular complexity index is 2090. The van der Waals surface area contributed by atoms with Gasteiger partial charge in [0.2, 0.25) is 27.7 Å². The number of carboxylic acid groups (broad SMARTS) is 1. The third-order valence-corrected chi connectivity index (χ3v) is 13.9. The zero-order valence-corrected chi connectivity index (χ0v) is 33.8. The number of H-pyrrole nitrogens is 1. The van der Waals surface area contributed by atoms with Crippen molar-refractivity contribution in [1.29, 1.82) is 0 Å². The van der Waals surface area contributed by atoms with Gasteiger partial charge in [0.15, 0.2) is 0 Å². The number of carbonyl (C=O) groups is 4. The van der Waals surface area contributed by atoms with Crippen LogP contribution in [0.3, 0.4) is 0 Å². The maximum Gasteiger partial charge on any atom is 0.408 e. The van der Waals surface area contributed by atoms with Gasteiger partial charge in [0.05, 0.1) is 30.1 Å². The molecule has 2 aromatic rings. The molecule has 17 nitrogen and oxygen atoms in total. The number of rotatable bonds is 8. The molecule has 2 aromatic heterocycles. The molecule has 3 fully saturated rings. The van der Waals surface area contributed by atoms with Crippen LogP contribution in [0.1, 0.15) is 92.9 Å². The van der Waals surface area contributed by atoms with E-state index >= 15 is 4.79 Å². The molecule has 4 N–H and O–H groups in total. The molecule has 0 radical (unpaired) electrons. The zero-order chi connectivity index (χ0) is 41.0. The van der Waals surface area contributed by atoms with Gasteiger partial charge in [0.1, 0.15) is 29.2 Å². The number of hydrogen-bond donors (Lipinski definition) is 4. The molecule has 18 heteroatoms. The van der Waals surface area contributed by atoms with Crippen molar-refractivity contribution in [2.75, 3.05) is 13.7 Å². The van der Waals surface area contributed by atoms with Crippen molar-refractivity contribution in [2.24, 2.45) is 17.8 Å². The van der Waals surface area contributed by atoms with E-state index in [9.17, 15) is 32.7 Å². The second-order valence-electron chi connectivity index (χ2n) is 17.0. The van der Waals surface area contributed by atoms with Gasteiger partial charge in [-0.3, -0.25) is 28.8 Å². The summed E-state index contributed by atoms with van der Waals surface area (Å²) in [6.45, 7) is 10.4. The molecule has 6 rings (SSSR count). The molecule has 0 unspecified atom stereocenters. The molecule has 4 aliphatic rings. The van der Waals surface area contributed by atoms with Gasteiger partial charge >= 0.3 is 11.7 Å². The van der Waals surface area contributed by atoms with Gasteiger partial charge < -0.3 is 29.8 Å². The van der Waals surface area contributed by atoms with E-state index in [0.717, 1.165) is 4.90 Å². The lowest BCUT2D eigenvalue weighted by molar-refractivity contribution is -0.146. The molecule has 7 atom stereocenters. The molecule has 306 valence electrons. The van der Waals surface area contributed by atoms with Crippen LogP contribution in [0.25, 0.3) is 11.0 Å². The van der Waals surface area contributed by atoms with Crippen LogP contribution in [-0.2, 0) is 24.4 Å². The summed E-state index contributed by atoms with van der Waals surface area (Å²) in [5.74, 6) is -3.16. The molecule has 0 bridgehead atoms. The van der Waals surface area contributed by atoms with E-state index < -0.39 is 85.2 Å². The van der Waals surface area contributed by atoms with Gasteiger partial charge in [-0.15, -0.1) is 0 Å². The first-order valence-corrected chi connectivity index (χ1v) is 20.7. The van der Waals surface area contributed by atoms with Crippen molar-refractivity contribution in [3.05, 3.63) is 34.8 Å².